The third kappa shape index (κ3) is 4.92. The van der Waals surface area contributed by atoms with Crippen LogP contribution in [0.3, 0.4) is 0 Å². The average molecular weight is 182 g/mol. The molecule has 0 saturated heterocycles. The van der Waals surface area contributed by atoms with Crippen molar-refractivity contribution >= 4 is 0 Å². The lowest BCUT2D eigenvalue weighted by molar-refractivity contribution is 0.233. The zero-order valence-corrected chi connectivity index (χ0v) is 9.09. The standard InChI is InChI=1S/C11H22N2/c1-5-7-13(6-2)9-11(8-12)10(3)4/h1,10-11H,6-9,12H2,2-4H3. The molecule has 13 heavy (non-hydrogen) atoms. The Morgan fingerprint density at radius 2 is 2.08 bits per heavy atom. The fourth-order valence-corrected chi connectivity index (χ4v) is 1.32. The summed E-state index contributed by atoms with van der Waals surface area (Å²) >= 11 is 0. The fourth-order valence-electron chi connectivity index (χ4n) is 1.32. The molecule has 0 amide bonds. The molecular formula is C11H22N2. The van der Waals surface area contributed by atoms with Crippen molar-refractivity contribution in [1.82, 2.24) is 4.90 Å². The summed E-state index contributed by atoms with van der Waals surface area (Å²) in [4.78, 5) is 2.26. The third-order valence-corrected chi connectivity index (χ3v) is 2.50. The second kappa shape index (κ2) is 6.94. The monoisotopic (exact) mass is 182 g/mol. The first kappa shape index (κ1) is 12.5. The van der Waals surface area contributed by atoms with Gasteiger partial charge < -0.3 is 5.73 Å². The number of nitrogens with two attached hydrogens (primary N) is 1. The van der Waals surface area contributed by atoms with Crippen molar-refractivity contribution in [2.24, 2.45) is 17.6 Å². The summed E-state index contributed by atoms with van der Waals surface area (Å²) in [5.41, 5.74) is 5.69. The van der Waals surface area contributed by atoms with Crippen LogP contribution in [0.25, 0.3) is 0 Å². The SMILES string of the molecule is C#CCN(CC)CC(CN)C(C)C. The van der Waals surface area contributed by atoms with Crippen molar-refractivity contribution in [2.45, 2.75) is 20.8 Å². The first-order valence-electron chi connectivity index (χ1n) is 5.01. The highest BCUT2D eigenvalue weighted by Crippen LogP contribution is 2.10. The van der Waals surface area contributed by atoms with E-state index in [0.717, 1.165) is 26.2 Å². The van der Waals surface area contributed by atoms with E-state index in [1.54, 1.807) is 0 Å². The molecule has 0 aliphatic carbocycles. The van der Waals surface area contributed by atoms with Crippen LogP contribution in [0, 0.1) is 24.2 Å². The molecule has 0 bridgehead atoms. The average Bonchev–Trinajstić information content (AvgIpc) is 2.11. The molecule has 1 atom stereocenters. The van der Waals surface area contributed by atoms with E-state index in [1.807, 2.05) is 0 Å². The van der Waals surface area contributed by atoms with E-state index in [4.69, 9.17) is 12.2 Å². The Bertz CT molecular complexity index is 158. The molecule has 0 radical (unpaired) electrons. The second-order valence-electron chi connectivity index (χ2n) is 3.77. The van der Waals surface area contributed by atoms with Crippen LogP contribution in [0.5, 0.6) is 0 Å². The predicted molar refractivity (Wildman–Crippen MR) is 58.3 cm³/mol. The van der Waals surface area contributed by atoms with Gasteiger partial charge in [0.15, 0.2) is 0 Å². The summed E-state index contributed by atoms with van der Waals surface area (Å²) in [5, 5.41) is 0. The van der Waals surface area contributed by atoms with Crippen molar-refractivity contribution < 1.29 is 0 Å². The lowest BCUT2D eigenvalue weighted by Gasteiger charge is -2.26. The highest BCUT2D eigenvalue weighted by atomic mass is 15.1. The number of rotatable bonds is 6. The highest BCUT2D eigenvalue weighted by molar-refractivity contribution is 4.88. The predicted octanol–water partition coefficient (Wildman–Crippen LogP) is 1.17. The molecule has 76 valence electrons. The fraction of sp³-hybridized carbons (Fsp3) is 0.818. The van der Waals surface area contributed by atoms with Gasteiger partial charge in [-0.2, -0.15) is 0 Å². The van der Waals surface area contributed by atoms with Crippen LogP contribution < -0.4 is 5.73 Å². The Labute approximate surface area is 82.5 Å². The zero-order valence-electron chi connectivity index (χ0n) is 9.09. The van der Waals surface area contributed by atoms with Gasteiger partial charge in [0.05, 0.1) is 6.54 Å². The highest BCUT2D eigenvalue weighted by Gasteiger charge is 2.14. The molecule has 0 aliphatic rings. The number of nitrogens with zero attached hydrogens (tertiary/aromatic N) is 1. The van der Waals surface area contributed by atoms with E-state index < -0.39 is 0 Å². The van der Waals surface area contributed by atoms with Crippen molar-refractivity contribution in [3.63, 3.8) is 0 Å². The van der Waals surface area contributed by atoms with Gasteiger partial charge in [-0.15, -0.1) is 6.42 Å². The molecule has 1 unspecified atom stereocenters. The number of terminal acetylenes is 1. The Balaban J connectivity index is 3.96. The maximum absolute atomic E-state index is 5.69. The quantitative estimate of drug-likeness (QED) is 0.625. The van der Waals surface area contributed by atoms with Crippen molar-refractivity contribution in [1.29, 1.82) is 0 Å². The van der Waals surface area contributed by atoms with Crippen LogP contribution in [-0.2, 0) is 0 Å². The summed E-state index contributed by atoms with van der Waals surface area (Å²) in [6.07, 6.45) is 5.28. The summed E-state index contributed by atoms with van der Waals surface area (Å²) in [5.74, 6) is 3.87. The van der Waals surface area contributed by atoms with Crippen molar-refractivity contribution in [3.05, 3.63) is 0 Å². The van der Waals surface area contributed by atoms with Gasteiger partial charge in [-0.1, -0.05) is 26.7 Å². The summed E-state index contributed by atoms with van der Waals surface area (Å²) < 4.78 is 0. The van der Waals surface area contributed by atoms with Gasteiger partial charge in [0, 0.05) is 6.54 Å². The van der Waals surface area contributed by atoms with Gasteiger partial charge in [-0.05, 0) is 24.9 Å². The molecule has 0 fully saturated rings. The smallest absolute Gasteiger partial charge is 0.0598 e. The van der Waals surface area contributed by atoms with Crippen LogP contribution in [0.15, 0.2) is 0 Å². The van der Waals surface area contributed by atoms with Gasteiger partial charge in [0.25, 0.3) is 0 Å². The van der Waals surface area contributed by atoms with E-state index >= 15 is 0 Å². The number of hydrogen-bond donors (Lipinski definition) is 1. The van der Waals surface area contributed by atoms with Gasteiger partial charge >= 0.3 is 0 Å². The minimum absolute atomic E-state index is 0.563. The Kier molecular flexibility index (Phi) is 6.66. The van der Waals surface area contributed by atoms with Crippen LogP contribution >= 0.6 is 0 Å². The van der Waals surface area contributed by atoms with E-state index in [0.29, 0.717) is 11.8 Å². The molecule has 2 heteroatoms. The third-order valence-electron chi connectivity index (χ3n) is 2.50. The molecule has 0 rings (SSSR count). The van der Waals surface area contributed by atoms with Gasteiger partial charge in [-0.25, -0.2) is 0 Å². The molecule has 0 aromatic carbocycles. The lowest BCUT2D eigenvalue weighted by Crippen LogP contribution is -2.35. The minimum atomic E-state index is 0.563. The second-order valence-corrected chi connectivity index (χ2v) is 3.77. The molecule has 0 heterocycles. The van der Waals surface area contributed by atoms with E-state index in [9.17, 15) is 0 Å². The van der Waals surface area contributed by atoms with Crippen LogP contribution in [0.2, 0.25) is 0 Å². The first-order valence-corrected chi connectivity index (χ1v) is 5.01. The van der Waals surface area contributed by atoms with Crippen LogP contribution in [-0.4, -0.2) is 31.1 Å². The Morgan fingerprint density at radius 1 is 1.46 bits per heavy atom. The molecule has 2 nitrogen and oxygen atoms in total. The minimum Gasteiger partial charge on any atom is -0.330 e. The Hall–Kier alpha value is -0.520. The van der Waals surface area contributed by atoms with Crippen molar-refractivity contribution in [2.75, 3.05) is 26.2 Å². The molecule has 0 saturated carbocycles. The van der Waals surface area contributed by atoms with E-state index in [2.05, 4.69) is 31.6 Å². The first-order chi connectivity index (χ1) is 6.15. The molecule has 2 N–H and O–H groups in total. The van der Waals surface area contributed by atoms with Crippen molar-refractivity contribution in [3.8, 4) is 12.3 Å². The maximum atomic E-state index is 5.69. The largest absolute Gasteiger partial charge is 0.330 e. The number of hydrogen-bond acceptors (Lipinski definition) is 2. The van der Waals surface area contributed by atoms with Gasteiger partial charge in [-0.3, -0.25) is 4.90 Å². The maximum Gasteiger partial charge on any atom is 0.0598 e. The molecule has 0 spiro atoms. The molecule has 0 aliphatic heterocycles. The van der Waals surface area contributed by atoms with Crippen LogP contribution in [0.4, 0.5) is 0 Å². The summed E-state index contributed by atoms with van der Waals surface area (Å²) in [6, 6.07) is 0. The van der Waals surface area contributed by atoms with Gasteiger partial charge in [0.1, 0.15) is 0 Å². The Morgan fingerprint density at radius 3 is 2.38 bits per heavy atom. The van der Waals surface area contributed by atoms with E-state index in [-0.39, 0.29) is 0 Å². The van der Waals surface area contributed by atoms with Gasteiger partial charge in [0.2, 0.25) is 0 Å². The van der Waals surface area contributed by atoms with E-state index in [1.165, 1.54) is 0 Å². The molecule has 0 aromatic rings. The molecule has 0 aromatic heterocycles. The topological polar surface area (TPSA) is 29.3 Å². The summed E-state index contributed by atoms with van der Waals surface area (Å²) in [7, 11) is 0. The lowest BCUT2D eigenvalue weighted by atomic mass is 9.95. The zero-order chi connectivity index (χ0) is 10.3. The molecular weight excluding hydrogens is 160 g/mol. The van der Waals surface area contributed by atoms with Crippen LogP contribution in [0.1, 0.15) is 20.8 Å². The normalized spacial score (nSPS) is 13.3. The summed E-state index contributed by atoms with van der Waals surface area (Å²) in [6.45, 7) is 10.1.